The first kappa shape index (κ1) is 24.0. The van der Waals surface area contributed by atoms with Crippen molar-refractivity contribution in [2.24, 2.45) is 46.3 Å². The highest BCUT2D eigenvalue weighted by atomic mass is 16.5. The fourth-order valence-electron chi connectivity index (χ4n) is 8.73. The van der Waals surface area contributed by atoms with Crippen LogP contribution in [0.2, 0.25) is 0 Å². The van der Waals surface area contributed by atoms with Crippen LogP contribution in [-0.4, -0.2) is 17.9 Å². The number of ether oxygens (including phenoxy) is 1. The fraction of sp³-hybridized carbons (Fsp3) is 0.862. The second-order valence-electron chi connectivity index (χ2n) is 12.7. The maximum Gasteiger partial charge on any atom is 0.302 e. The number of ketones is 1. The summed E-state index contributed by atoms with van der Waals surface area (Å²) in [5.41, 5.74) is 1.70. The van der Waals surface area contributed by atoms with Crippen molar-refractivity contribution in [3.8, 4) is 0 Å². The number of hydrogen-bond acceptors (Lipinski definition) is 3. The van der Waals surface area contributed by atoms with E-state index in [1.807, 2.05) is 6.08 Å². The summed E-state index contributed by atoms with van der Waals surface area (Å²) in [4.78, 5) is 25.1. The largest absolute Gasteiger partial charge is 0.462 e. The molecule has 0 spiro atoms. The molecule has 0 bridgehead atoms. The van der Waals surface area contributed by atoms with Crippen LogP contribution in [0.4, 0.5) is 0 Å². The van der Waals surface area contributed by atoms with E-state index in [9.17, 15) is 9.59 Å². The molecule has 0 aromatic rings. The van der Waals surface area contributed by atoms with Crippen LogP contribution in [0.5, 0.6) is 0 Å². The van der Waals surface area contributed by atoms with Gasteiger partial charge in [0.15, 0.2) is 5.78 Å². The second-order valence-corrected chi connectivity index (χ2v) is 12.7. The van der Waals surface area contributed by atoms with Gasteiger partial charge in [-0.2, -0.15) is 0 Å². The summed E-state index contributed by atoms with van der Waals surface area (Å²) in [6, 6.07) is 0. The van der Waals surface area contributed by atoms with E-state index in [0.29, 0.717) is 23.0 Å². The predicted molar refractivity (Wildman–Crippen MR) is 129 cm³/mol. The van der Waals surface area contributed by atoms with Crippen LogP contribution in [0, 0.1) is 46.3 Å². The molecule has 0 aromatic heterocycles. The Balaban J connectivity index is 1.52. The average Bonchev–Trinajstić information content (AvgIpc) is 3.05. The van der Waals surface area contributed by atoms with Gasteiger partial charge >= 0.3 is 5.97 Å². The maximum atomic E-state index is 13.6. The highest BCUT2D eigenvalue weighted by Gasteiger charge is 2.61. The lowest BCUT2D eigenvalue weighted by Gasteiger charge is -2.57. The molecular weight excluding hydrogens is 396 g/mol. The van der Waals surface area contributed by atoms with Crippen molar-refractivity contribution >= 4 is 11.8 Å². The van der Waals surface area contributed by atoms with Crippen molar-refractivity contribution in [2.45, 2.75) is 112 Å². The lowest BCUT2D eigenvalue weighted by atomic mass is 9.46. The zero-order chi connectivity index (χ0) is 23.3. The molecule has 0 saturated heterocycles. The molecule has 180 valence electrons. The Labute approximate surface area is 196 Å². The number of rotatable bonds is 6. The topological polar surface area (TPSA) is 43.4 Å². The summed E-state index contributed by atoms with van der Waals surface area (Å²) in [5.74, 6) is 3.74. The number of carbonyl (C=O) groups is 2. The molecule has 4 rings (SSSR count). The van der Waals surface area contributed by atoms with Gasteiger partial charge in [0.25, 0.3) is 0 Å². The monoisotopic (exact) mass is 442 g/mol. The van der Waals surface area contributed by atoms with Gasteiger partial charge < -0.3 is 4.74 Å². The molecule has 3 heteroatoms. The lowest BCUT2D eigenvalue weighted by molar-refractivity contribution is -0.149. The zero-order valence-corrected chi connectivity index (χ0v) is 21.4. The summed E-state index contributed by atoms with van der Waals surface area (Å²) >= 11 is 0. The predicted octanol–water partition coefficient (Wildman–Crippen LogP) is 7.14. The van der Waals surface area contributed by atoms with E-state index in [1.165, 1.54) is 57.4 Å². The van der Waals surface area contributed by atoms with Crippen molar-refractivity contribution in [2.75, 3.05) is 0 Å². The molecule has 1 unspecified atom stereocenters. The van der Waals surface area contributed by atoms with E-state index in [4.69, 9.17) is 4.74 Å². The highest BCUT2D eigenvalue weighted by molar-refractivity contribution is 5.94. The quantitative estimate of drug-likeness (QED) is 0.411. The first-order valence-corrected chi connectivity index (χ1v) is 13.5. The van der Waals surface area contributed by atoms with Crippen molar-refractivity contribution < 1.29 is 14.3 Å². The zero-order valence-electron chi connectivity index (χ0n) is 21.4. The standard InChI is InChI=1S/C29H46O3/c1-18(2)8-7-9-19(3)23-10-11-24-27-25(13-15-29(23,24)6)28(5)14-12-22(32-20(4)30)16-21(28)17-26(27)31/h17-19,22-25,27H,7-16H2,1-6H3/t19-,22-,23?,24+,25+,27+,28+,29-/m1/s1. The number of carbonyl (C=O) groups excluding carboxylic acids is 2. The highest BCUT2D eigenvalue weighted by Crippen LogP contribution is 2.66. The molecule has 0 heterocycles. The normalized spacial score (nSPS) is 42.0. The Morgan fingerprint density at radius 3 is 2.50 bits per heavy atom. The van der Waals surface area contributed by atoms with Gasteiger partial charge in [-0.15, -0.1) is 0 Å². The molecular formula is C29H46O3. The Kier molecular flexibility index (Phi) is 6.69. The van der Waals surface area contributed by atoms with E-state index in [0.717, 1.165) is 37.0 Å². The minimum absolute atomic E-state index is 0.0485. The van der Waals surface area contributed by atoms with Crippen LogP contribution in [0.15, 0.2) is 11.6 Å². The van der Waals surface area contributed by atoms with E-state index >= 15 is 0 Å². The Morgan fingerprint density at radius 2 is 1.81 bits per heavy atom. The van der Waals surface area contributed by atoms with Gasteiger partial charge in [0.2, 0.25) is 0 Å². The summed E-state index contributed by atoms with van der Waals surface area (Å²) in [6.07, 6.45) is 13.7. The number of fused-ring (bicyclic) bond motifs is 5. The summed E-state index contributed by atoms with van der Waals surface area (Å²) in [7, 11) is 0. The lowest BCUT2D eigenvalue weighted by Crippen LogP contribution is -2.53. The molecule has 0 amide bonds. The van der Waals surface area contributed by atoms with Gasteiger partial charge in [-0.3, -0.25) is 9.59 Å². The van der Waals surface area contributed by atoms with Crippen molar-refractivity contribution in [1.29, 1.82) is 0 Å². The Bertz CT molecular complexity index is 766. The van der Waals surface area contributed by atoms with E-state index in [-0.39, 0.29) is 23.4 Å². The third-order valence-electron chi connectivity index (χ3n) is 10.4. The maximum absolute atomic E-state index is 13.6. The van der Waals surface area contributed by atoms with E-state index in [1.54, 1.807) is 0 Å². The average molecular weight is 443 g/mol. The van der Waals surface area contributed by atoms with Gasteiger partial charge in [-0.1, -0.05) is 59.5 Å². The molecule has 0 N–H and O–H groups in total. The van der Waals surface area contributed by atoms with Gasteiger partial charge in [0.1, 0.15) is 6.10 Å². The van der Waals surface area contributed by atoms with Crippen molar-refractivity contribution in [3.05, 3.63) is 11.6 Å². The molecule has 0 aromatic carbocycles. The van der Waals surface area contributed by atoms with Gasteiger partial charge in [0, 0.05) is 19.3 Å². The molecule has 32 heavy (non-hydrogen) atoms. The van der Waals surface area contributed by atoms with Crippen molar-refractivity contribution in [3.63, 3.8) is 0 Å². The third-order valence-corrected chi connectivity index (χ3v) is 10.4. The van der Waals surface area contributed by atoms with Gasteiger partial charge in [-0.05, 0) is 85.0 Å². The Morgan fingerprint density at radius 1 is 1.06 bits per heavy atom. The number of allylic oxidation sites excluding steroid dienone is 1. The molecule has 8 atom stereocenters. The number of esters is 1. The smallest absolute Gasteiger partial charge is 0.302 e. The van der Waals surface area contributed by atoms with Crippen LogP contribution in [0.1, 0.15) is 106 Å². The first-order chi connectivity index (χ1) is 15.1. The fourth-order valence-corrected chi connectivity index (χ4v) is 8.73. The molecule has 3 nitrogen and oxygen atoms in total. The van der Waals surface area contributed by atoms with Gasteiger partial charge in [-0.25, -0.2) is 0 Å². The minimum atomic E-state index is -0.202. The third kappa shape index (κ3) is 4.11. The molecule has 0 aliphatic heterocycles. The van der Waals surface area contributed by atoms with Crippen LogP contribution in [-0.2, 0) is 14.3 Å². The molecule has 3 fully saturated rings. The van der Waals surface area contributed by atoms with Crippen LogP contribution < -0.4 is 0 Å². The summed E-state index contributed by atoms with van der Waals surface area (Å²) in [6.45, 7) is 13.6. The summed E-state index contributed by atoms with van der Waals surface area (Å²) < 4.78 is 5.54. The van der Waals surface area contributed by atoms with Crippen LogP contribution >= 0.6 is 0 Å². The van der Waals surface area contributed by atoms with Crippen LogP contribution in [0.3, 0.4) is 0 Å². The second kappa shape index (κ2) is 8.91. The molecule has 0 radical (unpaired) electrons. The van der Waals surface area contributed by atoms with Crippen molar-refractivity contribution in [1.82, 2.24) is 0 Å². The molecule has 4 aliphatic rings. The number of hydrogen-bond donors (Lipinski definition) is 0. The van der Waals surface area contributed by atoms with Crippen LogP contribution in [0.25, 0.3) is 0 Å². The minimum Gasteiger partial charge on any atom is -0.462 e. The molecule has 4 aliphatic carbocycles. The Hall–Kier alpha value is -1.12. The molecule has 3 saturated carbocycles. The summed E-state index contributed by atoms with van der Waals surface area (Å²) in [5, 5.41) is 0. The first-order valence-electron chi connectivity index (χ1n) is 13.5. The van der Waals surface area contributed by atoms with Gasteiger partial charge in [0.05, 0.1) is 0 Å². The van der Waals surface area contributed by atoms with E-state index in [2.05, 4.69) is 34.6 Å². The SMILES string of the molecule is CC(=O)O[C@@H]1CC[C@@]2(C)C(=CC(=O)[C@@H]3[C@@H]2CC[C@]2(C)C([C@H](C)CCCC(C)C)CC[C@@H]32)C1. The van der Waals surface area contributed by atoms with E-state index < -0.39 is 0 Å².